The summed E-state index contributed by atoms with van der Waals surface area (Å²) in [5.41, 5.74) is 3.44. The first-order valence-corrected chi connectivity index (χ1v) is 26.4. The summed E-state index contributed by atoms with van der Waals surface area (Å²) in [4.78, 5) is 0.101. The smallest absolute Gasteiger partial charge is 0.744 e. The number of aryl methyl sites for hydroxylation is 1. The monoisotopic (exact) mass is 803 g/mol. The zero-order chi connectivity index (χ0) is 40.4. The molecule has 324 valence electrons. The van der Waals surface area contributed by atoms with Gasteiger partial charge in [0.15, 0.2) is 0 Å². The Labute approximate surface area is 367 Å². The molecule has 0 amide bonds. The van der Waals surface area contributed by atoms with Crippen LogP contribution in [-0.2, 0) is 29.4 Å². The average Bonchev–Trinajstić information content (AvgIpc) is 3.19. The molecular weight excluding hydrogens is 712 g/mol. The van der Waals surface area contributed by atoms with Gasteiger partial charge in [-0.05, 0) is 66.0 Å². The normalized spacial score (nSPS) is 11.8. The molecule has 0 saturated heterocycles. The number of rotatable bonds is 40. The Bertz CT molecular complexity index is 1320. The summed E-state index contributed by atoms with van der Waals surface area (Å²) in [7, 11) is -4.62. The molecule has 0 heterocycles. The molecule has 2 aromatic carbocycles. The molecule has 0 unspecified atom stereocenters. The van der Waals surface area contributed by atoms with Gasteiger partial charge in [0.25, 0.3) is 0 Å². The third-order valence-electron chi connectivity index (χ3n) is 12.6. The fourth-order valence-electron chi connectivity index (χ4n) is 9.15. The van der Waals surface area contributed by atoms with Gasteiger partial charge in [-0.3, -0.25) is 0 Å². The molecule has 0 aliphatic rings. The van der Waals surface area contributed by atoms with Gasteiger partial charge >= 0.3 is 18.9 Å². The van der Waals surface area contributed by atoms with Crippen molar-refractivity contribution in [2.24, 2.45) is 0 Å². The topological polar surface area (TPSA) is 57.2 Å². The van der Waals surface area contributed by atoms with Crippen LogP contribution in [0.5, 0.6) is 0 Å². The second-order valence-electron chi connectivity index (χ2n) is 17.7. The van der Waals surface area contributed by atoms with E-state index in [9.17, 15) is 13.0 Å². The minimum Gasteiger partial charge on any atom is -0.744 e. The summed E-state index contributed by atoms with van der Waals surface area (Å²) in [6.45, 7) is 6.85. The summed E-state index contributed by atoms with van der Waals surface area (Å²) >= 11 is 0. The maximum absolute atomic E-state index is 13.1. The average molecular weight is 803 g/mol. The van der Waals surface area contributed by atoms with Crippen LogP contribution in [0.4, 0.5) is 0 Å². The van der Waals surface area contributed by atoms with Gasteiger partial charge in [-0.15, -0.1) is 0 Å². The molecule has 0 aliphatic heterocycles. The van der Waals surface area contributed by atoms with Gasteiger partial charge < -0.3 is 4.55 Å². The molecular formula is C52H91LiO3S. The van der Waals surface area contributed by atoms with Crippen molar-refractivity contribution in [1.82, 2.24) is 0 Å². The quantitative estimate of drug-likeness (QED) is 0.0383. The van der Waals surface area contributed by atoms with Gasteiger partial charge in [-0.1, -0.05) is 257 Å². The Kier molecular flexibility index (Phi) is 35.2. The van der Waals surface area contributed by atoms with Crippen LogP contribution in [-0.4, -0.2) is 13.0 Å². The van der Waals surface area contributed by atoms with E-state index in [0.717, 1.165) is 49.5 Å². The first-order chi connectivity index (χ1) is 27.5. The predicted octanol–water partition coefficient (Wildman–Crippen LogP) is 14.5. The van der Waals surface area contributed by atoms with Gasteiger partial charge in [0.05, 0.1) is 4.90 Å². The Morgan fingerprint density at radius 1 is 0.351 bits per heavy atom. The standard InChI is InChI=1S/C52H92O3S.Li/c1-4-7-10-13-16-19-22-25-28-31-34-37-42-47-48(43-38-35-32-29-26-23-20-17-14-11-8-5-2)50(52(56(53,54)55)51-46-41-40-44-49(47)51)45-39-36-33-30-27-24-21-18-15-12-9-6-3;/h40-41,44,46H,4-39,42-43,45H2,1-3H3,(H,53,54,55);/q;+1/p-1. The maximum atomic E-state index is 13.1. The molecule has 0 spiro atoms. The SMILES string of the molecule is CCCCCCCCCCCCCCc1c(CCCCCCCCCCCCCC)c(S(=O)(=O)[O-])c2ccccc2c1CCCCCCCCCCCCCC.[Li+]. The van der Waals surface area contributed by atoms with E-state index in [2.05, 4.69) is 26.8 Å². The molecule has 2 rings (SSSR count). The molecule has 0 aliphatic carbocycles. The molecule has 0 fully saturated rings. The molecule has 0 atom stereocenters. The number of hydrogen-bond donors (Lipinski definition) is 0. The maximum Gasteiger partial charge on any atom is 1.00 e. The number of fused-ring (bicyclic) bond motifs is 1. The Morgan fingerprint density at radius 3 is 0.895 bits per heavy atom. The van der Waals surface area contributed by atoms with Crippen molar-refractivity contribution in [3.05, 3.63) is 41.0 Å². The van der Waals surface area contributed by atoms with E-state index < -0.39 is 10.1 Å². The van der Waals surface area contributed by atoms with E-state index in [1.54, 1.807) is 0 Å². The third kappa shape index (κ3) is 25.6. The van der Waals surface area contributed by atoms with Gasteiger partial charge in [0.2, 0.25) is 0 Å². The van der Waals surface area contributed by atoms with Crippen LogP contribution in [0.25, 0.3) is 10.8 Å². The largest absolute Gasteiger partial charge is 1.00 e. The van der Waals surface area contributed by atoms with E-state index in [-0.39, 0.29) is 23.8 Å². The van der Waals surface area contributed by atoms with Gasteiger partial charge in [-0.2, -0.15) is 0 Å². The Hall–Kier alpha value is -0.793. The molecule has 0 bridgehead atoms. The van der Waals surface area contributed by atoms with Crippen LogP contribution in [0, 0.1) is 0 Å². The van der Waals surface area contributed by atoms with Crippen LogP contribution in [0.1, 0.15) is 269 Å². The molecule has 0 saturated carbocycles. The third-order valence-corrected chi connectivity index (χ3v) is 13.6. The van der Waals surface area contributed by atoms with Crippen molar-refractivity contribution in [3.63, 3.8) is 0 Å². The summed E-state index contributed by atoms with van der Waals surface area (Å²) in [5.74, 6) is 0. The van der Waals surface area contributed by atoms with Crippen LogP contribution in [0.3, 0.4) is 0 Å². The zero-order valence-corrected chi connectivity index (χ0v) is 39.3. The number of hydrogen-bond acceptors (Lipinski definition) is 3. The molecule has 2 aromatic rings. The van der Waals surface area contributed by atoms with Gasteiger partial charge in [-0.25, -0.2) is 8.42 Å². The minimum atomic E-state index is -4.62. The molecule has 0 radical (unpaired) electrons. The van der Waals surface area contributed by atoms with Crippen molar-refractivity contribution in [2.45, 2.75) is 276 Å². The molecule has 0 N–H and O–H groups in total. The fourth-order valence-corrected chi connectivity index (χ4v) is 10.1. The van der Waals surface area contributed by atoms with Crippen molar-refractivity contribution >= 4 is 20.9 Å². The molecule has 0 aromatic heterocycles. The van der Waals surface area contributed by atoms with Crippen molar-refractivity contribution in [3.8, 4) is 0 Å². The van der Waals surface area contributed by atoms with E-state index in [4.69, 9.17) is 0 Å². The van der Waals surface area contributed by atoms with E-state index >= 15 is 0 Å². The van der Waals surface area contributed by atoms with E-state index in [0.29, 0.717) is 11.8 Å². The zero-order valence-electron chi connectivity index (χ0n) is 38.5. The molecule has 3 nitrogen and oxygen atoms in total. The van der Waals surface area contributed by atoms with Crippen LogP contribution >= 0.6 is 0 Å². The summed E-state index contributed by atoms with van der Waals surface area (Å²) in [6.07, 6.45) is 49.6. The van der Waals surface area contributed by atoms with Crippen molar-refractivity contribution in [1.29, 1.82) is 0 Å². The predicted molar refractivity (Wildman–Crippen MR) is 246 cm³/mol. The number of benzene rings is 2. The minimum absolute atomic E-state index is 0. The Morgan fingerprint density at radius 2 is 0.596 bits per heavy atom. The van der Waals surface area contributed by atoms with E-state index in [1.165, 1.54) is 217 Å². The first kappa shape index (κ1) is 54.2. The van der Waals surface area contributed by atoms with Crippen LogP contribution < -0.4 is 18.9 Å². The summed E-state index contributed by atoms with van der Waals surface area (Å²) in [5, 5.41) is 1.68. The van der Waals surface area contributed by atoms with Crippen molar-refractivity contribution in [2.75, 3.05) is 0 Å². The summed E-state index contributed by atoms with van der Waals surface area (Å²) < 4.78 is 39.4. The second kappa shape index (κ2) is 37.0. The van der Waals surface area contributed by atoms with Crippen LogP contribution in [0.15, 0.2) is 29.2 Å². The van der Waals surface area contributed by atoms with Gasteiger partial charge in [0, 0.05) is 0 Å². The summed E-state index contributed by atoms with van der Waals surface area (Å²) in [6, 6.07) is 7.96. The van der Waals surface area contributed by atoms with Crippen LogP contribution in [0.2, 0.25) is 0 Å². The second-order valence-corrected chi connectivity index (χ2v) is 19.0. The van der Waals surface area contributed by atoms with E-state index in [1.807, 2.05) is 18.2 Å². The fraction of sp³-hybridized carbons (Fsp3) is 0.808. The molecule has 5 heteroatoms. The first-order valence-electron chi connectivity index (χ1n) is 25.0. The van der Waals surface area contributed by atoms with Gasteiger partial charge in [0.1, 0.15) is 10.1 Å². The van der Waals surface area contributed by atoms with Crippen molar-refractivity contribution < 1.29 is 31.8 Å². The number of unbranched alkanes of at least 4 members (excludes halogenated alkanes) is 33. The molecule has 57 heavy (non-hydrogen) atoms. The Balaban J connectivity index is 0.0000162.